The lowest BCUT2D eigenvalue weighted by Crippen LogP contribution is -2.21. The minimum atomic E-state index is 0.128. The van der Waals surface area contributed by atoms with Crippen molar-refractivity contribution in [2.24, 2.45) is 11.7 Å². The number of ether oxygens (including phenoxy) is 1. The smallest absolute Gasteiger partial charge is 0.0513 e. The number of benzene rings is 1. The summed E-state index contributed by atoms with van der Waals surface area (Å²) in [4.78, 5) is 0. The van der Waals surface area contributed by atoms with Gasteiger partial charge >= 0.3 is 0 Å². The third-order valence-electron chi connectivity index (χ3n) is 3.98. The van der Waals surface area contributed by atoms with Crippen LogP contribution in [0.1, 0.15) is 49.8 Å². The van der Waals surface area contributed by atoms with Gasteiger partial charge in [0.2, 0.25) is 0 Å². The van der Waals surface area contributed by atoms with Crippen molar-refractivity contribution in [1.82, 2.24) is 0 Å². The van der Waals surface area contributed by atoms with Crippen molar-refractivity contribution in [2.45, 2.75) is 38.6 Å². The molecule has 0 aromatic heterocycles. The van der Waals surface area contributed by atoms with Crippen LogP contribution in [0, 0.1) is 5.92 Å². The van der Waals surface area contributed by atoms with Gasteiger partial charge in [-0.2, -0.15) is 0 Å². The van der Waals surface area contributed by atoms with Crippen LogP contribution in [0.5, 0.6) is 0 Å². The summed E-state index contributed by atoms with van der Waals surface area (Å²) in [6.07, 6.45) is 2.27. The van der Waals surface area contributed by atoms with Gasteiger partial charge in [0.25, 0.3) is 0 Å². The lowest BCUT2D eigenvalue weighted by molar-refractivity contribution is 0.181. The van der Waals surface area contributed by atoms with E-state index in [9.17, 15) is 0 Å². The SMILES string of the molecule is CCC(C)c1ccc(C(N)C2CCOC2)cc1. The second kappa shape index (κ2) is 5.65. The van der Waals surface area contributed by atoms with Gasteiger partial charge in [0.1, 0.15) is 0 Å². The fraction of sp³-hybridized carbons (Fsp3) is 0.600. The van der Waals surface area contributed by atoms with Crippen molar-refractivity contribution in [2.75, 3.05) is 13.2 Å². The molecule has 94 valence electrons. The van der Waals surface area contributed by atoms with Gasteiger partial charge < -0.3 is 10.5 Å². The van der Waals surface area contributed by atoms with Crippen molar-refractivity contribution in [3.05, 3.63) is 35.4 Å². The van der Waals surface area contributed by atoms with Crippen LogP contribution in [0.2, 0.25) is 0 Å². The maximum atomic E-state index is 6.28. The van der Waals surface area contributed by atoms with Crippen LogP contribution >= 0.6 is 0 Å². The molecule has 0 radical (unpaired) electrons. The summed E-state index contributed by atoms with van der Waals surface area (Å²) in [7, 11) is 0. The molecule has 2 heteroatoms. The van der Waals surface area contributed by atoms with Crippen LogP contribution in [0.4, 0.5) is 0 Å². The van der Waals surface area contributed by atoms with E-state index in [1.807, 2.05) is 0 Å². The first-order chi connectivity index (χ1) is 8.22. The Kier molecular flexibility index (Phi) is 4.19. The lowest BCUT2D eigenvalue weighted by atomic mass is 9.91. The Hall–Kier alpha value is -0.860. The van der Waals surface area contributed by atoms with Crippen LogP contribution in [0.3, 0.4) is 0 Å². The maximum absolute atomic E-state index is 6.28. The van der Waals surface area contributed by atoms with Gasteiger partial charge in [-0.05, 0) is 29.9 Å². The quantitative estimate of drug-likeness (QED) is 0.866. The van der Waals surface area contributed by atoms with E-state index in [-0.39, 0.29) is 6.04 Å². The Morgan fingerprint density at radius 3 is 2.47 bits per heavy atom. The topological polar surface area (TPSA) is 35.2 Å². The highest BCUT2D eigenvalue weighted by molar-refractivity contribution is 5.27. The molecule has 1 aliphatic rings. The zero-order chi connectivity index (χ0) is 12.3. The highest BCUT2D eigenvalue weighted by atomic mass is 16.5. The van der Waals surface area contributed by atoms with Gasteiger partial charge in [-0.3, -0.25) is 0 Å². The van der Waals surface area contributed by atoms with Crippen molar-refractivity contribution < 1.29 is 4.74 Å². The summed E-state index contributed by atoms with van der Waals surface area (Å²) in [5.41, 5.74) is 8.93. The van der Waals surface area contributed by atoms with Gasteiger partial charge in [0.15, 0.2) is 0 Å². The van der Waals surface area contributed by atoms with E-state index in [0.29, 0.717) is 11.8 Å². The fourth-order valence-corrected chi connectivity index (χ4v) is 2.39. The molecule has 1 heterocycles. The molecule has 1 saturated heterocycles. The molecule has 1 aromatic carbocycles. The molecule has 0 bridgehead atoms. The first-order valence-corrected chi connectivity index (χ1v) is 6.65. The Morgan fingerprint density at radius 2 is 1.94 bits per heavy atom. The molecule has 3 atom stereocenters. The molecule has 2 N–H and O–H groups in total. The highest BCUT2D eigenvalue weighted by Crippen LogP contribution is 2.28. The number of hydrogen-bond donors (Lipinski definition) is 1. The van der Waals surface area contributed by atoms with E-state index in [2.05, 4.69) is 38.1 Å². The predicted octanol–water partition coefficient (Wildman–Crippen LogP) is 3.24. The van der Waals surface area contributed by atoms with Crippen LogP contribution in [-0.4, -0.2) is 13.2 Å². The average molecular weight is 233 g/mol. The first-order valence-electron chi connectivity index (χ1n) is 6.65. The van der Waals surface area contributed by atoms with Crippen LogP contribution in [0.25, 0.3) is 0 Å². The largest absolute Gasteiger partial charge is 0.381 e. The van der Waals surface area contributed by atoms with Gasteiger partial charge in [-0.1, -0.05) is 38.1 Å². The Labute approximate surface area is 104 Å². The third-order valence-corrected chi connectivity index (χ3v) is 3.98. The summed E-state index contributed by atoms with van der Waals surface area (Å²) >= 11 is 0. The summed E-state index contributed by atoms with van der Waals surface area (Å²) in [6.45, 7) is 6.16. The van der Waals surface area contributed by atoms with Gasteiger partial charge in [-0.15, -0.1) is 0 Å². The van der Waals surface area contributed by atoms with Gasteiger partial charge in [0.05, 0.1) is 6.61 Å². The second-order valence-electron chi connectivity index (χ2n) is 5.13. The second-order valence-corrected chi connectivity index (χ2v) is 5.13. The highest BCUT2D eigenvalue weighted by Gasteiger charge is 2.23. The zero-order valence-electron chi connectivity index (χ0n) is 10.9. The molecule has 1 aliphatic heterocycles. The average Bonchev–Trinajstić information content (AvgIpc) is 2.91. The Balaban J connectivity index is 2.06. The standard InChI is InChI=1S/C15H23NO/c1-3-11(2)12-4-6-13(7-5-12)15(16)14-8-9-17-10-14/h4-7,11,14-15H,3,8-10,16H2,1-2H3. The van der Waals surface area contributed by atoms with Gasteiger partial charge in [-0.25, -0.2) is 0 Å². The predicted molar refractivity (Wildman–Crippen MR) is 71.0 cm³/mol. The fourth-order valence-electron chi connectivity index (χ4n) is 2.39. The van der Waals surface area contributed by atoms with E-state index in [0.717, 1.165) is 19.6 Å². The zero-order valence-corrected chi connectivity index (χ0v) is 10.9. The summed E-state index contributed by atoms with van der Waals surface area (Å²) < 4.78 is 5.40. The summed E-state index contributed by atoms with van der Waals surface area (Å²) in [5, 5.41) is 0. The van der Waals surface area contributed by atoms with Gasteiger partial charge in [0, 0.05) is 18.6 Å². The molecular weight excluding hydrogens is 210 g/mol. The van der Waals surface area contributed by atoms with Crippen molar-refractivity contribution in [3.8, 4) is 0 Å². The maximum Gasteiger partial charge on any atom is 0.0513 e. The summed E-state index contributed by atoms with van der Waals surface area (Å²) in [6, 6.07) is 8.94. The van der Waals surface area contributed by atoms with Crippen molar-refractivity contribution >= 4 is 0 Å². The molecule has 3 unspecified atom stereocenters. The Morgan fingerprint density at radius 1 is 1.29 bits per heavy atom. The minimum Gasteiger partial charge on any atom is -0.381 e. The normalized spacial score (nSPS) is 23.6. The minimum absolute atomic E-state index is 0.128. The molecule has 0 spiro atoms. The molecule has 0 aliphatic carbocycles. The van der Waals surface area contributed by atoms with E-state index in [1.165, 1.54) is 17.5 Å². The van der Waals surface area contributed by atoms with Crippen molar-refractivity contribution in [1.29, 1.82) is 0 Å². The van der Waals surface area contributed by atoms with E-state index < -0.39 is 0 Å². The van der Waals surface area contributed by atoms with Crippen LogP contribution in [-0.2, 0) is 4.74 Å². The third kappa shape index (κ3) is 2.88. The Bertz CT molecular complexity index is 340. The monoisotopic (exact) mass is 233 g/mol. The molecule has 1 fully saturated rings. The molecule has 0 amide bonds. The lowest BCUT2D eigenvalue weighted by Gasteiger charge is -2.19. The number of rotatable bonds is 4. The number of nitrogens with two attached hydrogens (primary N) is 1. The summed E-state index contributed by atoms with van der Waals surface area (Å²) in [5.74, 6) is 1.12. The molecule has 17 heavy (non-hydrogen) atoms. The van der Waals surface area contributed by atoms with E-state index in [4.69, 9.17) is 10.5 Å². The molecule has 2 nitrogen and oxygen atoms in total. The molecule has 1 aromatic rings. The molecule has 2 rings (SSSR count). The molecule has 0 saturated carbocycles. The first kappa shape index (κ1) is 12.6. The van der Waals surface area contributed by atoms with Crippen molar-refractivity contribution in [3.63, 3.8) is 0 Å². The molecular formula is C15H23NO. The number of hydrogen-bond acceptors (Lipinski definition) is 2. The van der Waals surface area contributed by atoms with E-state index in [1.54, 1.807) is 0 Å². The van der Waals surface area contributed by atoms with E-state index >= 15 is 0 Å². The van der Waals surface area contributed by atoms with Crippen LogP contribution in [0.15, 0.2) is 24.3 Å². The van der Waals surface area contributed by atoms with Crippen LogP contribution < -0.4 is 5.73 Å².